The average molecular weight is 447 g/mol. The summed E-state index contributed by atoms with van der Waals surface area (Å²) in [5.41, 5.74) is 0.712. The van der Waals surface area contributed by atoms with Gasteiger partial charge in [0, 0.05) is 6.54 Å². The highest BCUT2D eigenvalue weighted by Crippen LogP contribution is 2.31. The van der Waals surface area contributed by atoms with Gasteiger partial charge in [-0.05, 0) is 43.5 Å². The first-order chi connectivity index (χ1) is 14.9. The largest absolute Gasteiger partial charge is 0.477 e. The SMILES string of the molecule is CCOc1cnc2ccc(Nc3c(F)ccc(CCCN[SH](=O)=O)c3F)c(C#N)c2n1. The molecule has 0 aliphatic heterocycles. The predicted molar refractivity (Wildman–Crippen MR) is 112 cm³/mol. The van der Waals surface area contributed by atoms with Crippen LogP contribution in [0.1, 0.15) is 24.5 Å². The maximum atomic E-state index is 14.9. The molecular weight excluding hydrogens is 428 g/mol. The van der Waals surface area contributed by atoms with E-state index in [4.69, 9.17) is 4.74 Å². The minimum Gasteiger partial charge on any atom is -0.477 e. The molecule has 0 atom stereocenters. The van der Waals surface area contributed by atoms with E-state index in [1.807, 2.05) is 6.07 Å². The van der Waals surface area contributed by atoms with Crippen LogP contribution >= 0.6 is 0 Å². The van der Waals surface area contributed by atoms with Crippen LogP contribution in [0.15, 0.2) is 30.5 Å². The van der Waals surface area contributed by atoms with Gasteiger partial charge in [-0.3, -0.25) is 0 Å². The van der Waals surface area contributed by atoms with E-state index in [0.29, 0.717) is 18.5 Å². The molecule has 0 spiro atoms. The Bertz CT molecular complexity index is 1220. The monoisotopic (exact) mass is 447 g/mol. The van der Waals surface area contributed by atoms with Gasteiger partial charge in [0.05, 0.1) is 24.0 Å². The molecule has 2 N–H and O–H groups in total. The molecule has 0 saturated carbocycles. The molecule has 0 saturated heterocycles. The molecule has 8 nitrogen and oxygen atoms in total. The molecule has 0 unspecified atom stereocenters. The Kier molecular flexibility index (Phi) is 7.28. The lowest BCUT2D eigenvalue weighted by atomic mass is 10.1. The van der Waals surface area contributed by atoms with Crippen LogP contribution in [0.3, 0.4) is 0 Å². The van der Waals surface area contributed by atoms with Gasteiger partial charge in [-0.15, -0.1) is 0 Å². The summed E-state index contributed by atoms with van der Waals surface area (Å²) in [5, 5.41) is 12.3. The van der Waals surface area contributed by atoms with E-state index in [1.165, 1.54) is 18.3 Å². The number of aromatic nitrogens is 2. The van der Waals surface area contributed by atoms with Crippen LogP contribution in [0.4, 0.5) is 20.2 Å². The molecule has 3 aromatic rings. The molecule has 3 rings (SSSR count). The molecule has 0 radical (unpaired) electrons. The van der Waals surface area contributed by atoms with Gasteiger partial charge >= 0.3 is 0 Å². The molecule has 1 heterocycles. The van der Waals surface area contributed by atoms with Crippen molar-refractivity contribution in [2.45, 2.75) is 19.8 Å². The zero-order valence-electron chi connectivity index (χ0n) is 16.5. The molecule has 0 fully saturated rings. The van der Waals surface area contributed by atoms with E-state index < -0.39 is 28.2 Å². The summed E-state index contributed by atoms with van der Waals surface area (Å²) in [4.78, 5) is 8.47. The Morgan fingerprint density at radius 2 is 2.03 bits per heavy atom. The lowest BCUT2D eigenvalue weighted by molar-refractivity contribution is 0.326. The van der Waals surface area contributed by atoms with Crippen molar-refractivity contribution >= 4 is 33.3 Å². The predicted octanol–water partition coefficient (Wildman–Crippen LogP) is 2.97. The average Bonchev–Trinajstić information content (AvgIpc) is 2.75. The maximum Gasteiger partial charge on any atom is 0.232 e. The highest BCUT2D eigenvalue weighted by Gasteiger charge is 2.17. The van der Waals surface area contributed by atoms with Crippen molar-refractivity contribution in [1.29, 1.82) is 5.26 Å². The number of fused-ring (bicyclic) bond motifs is 1. The van der Waals surface area contributed by atoms with E-state index in [1.54, 1.807) is 13.0 Å². The lowest BCUT2D eigenvalue weighted by Gasteiger charge is -2.14. The van der Waals surface area contributed by atoms with Crippen LogP contribution in [0.2, 0.25) is 0 Å². The number of aryl methyl sites for hydroxylation is 1. The van der Waals surface area contributed by atoms with Crippen molar-refractivity contribution in [2.24, 2.45) is 0 Å². The third-order valence-electron chi connectivity index (χ3n) is 4.39. The normalized spacial score (nSPS) is 10.9. The Morgan fingerprint density at radius 3 is 2.74 bits per heavy atom. The molecule has 31 heavy (non-hydrogen) atoms. The third kappa shape index (κ3) is 5.22. The van der Waals surface area contributed by atoms with Gasteiger partial charge in [-0.1, -0.05) is 6.07 Å². The molecular formula is C20H19F2N5O3S. The van der Waals surface area contributed by atoms with Gasteiger partial charge < -0.3 is 10.1 Å². The zero-order valence-corrected chi connectivity index (χ0v) is 17.4. The highest BCUT2D eigenvalue weighted by atomic mass is 32.2. The first-order valence-electron chi connectivity index (χ1n) is 9.39. The van der Waals surface area contributed by atoms with Crippen molar-refractivity contribution in [3.05, 3.63) is 53.2 Å². The highest BCUT2D eigenvalue weighted by molar-refractivity contribution is 7.70. The van der Waals surface area contributed by atoms with Crippen molar-refractivity contribution in [1.82, 2.24) is 14.7 Å². The summed E-state index contributed by atoms with van der Waals surface area (Å²) in [6.07, 6.45) is 1.96. The first-order valence-corrected chi connectivity index (χ1v) is 10.6. The summed E-state index contributed by atoms with van der Waals surface area (Å²) < 4.78 is 58.0. The van der Waals surface area contributed by atoms with Gasteiger partial charge in [-0.2, -0.15) is 5.26 Å². The first kappa shape index (κ1) is 22.3. The van der Waals surface area contributed by atoms with E-state index in [0.717, 1.165) is 6.07 Å². The topological polar surface area (TPSA) is 117 Å². The van der Waals surface area contributed by atoms with E-state index in [2.05, 4.69) is 20.0 Å². The Balaban J connectivity index is 1.94. The van der Waals surface area contributed by atoms with Crippen LogP contribution in [0.25, 0.3) is 11.0 Å². The molecule has 1 aromatic heterocycles. The smallest absolute Gasteiger partial charge is 0.232 e. The molecule has 0 aliphatic rings. The fourth-order valence-corrected chi connectivity index (χ4v) is 3.32. The molecule has 2 aromatic carbocycles. The fraction of sp³-hybridized carbons (Fsp3) is 0.250. The second-order valence-electron chi connectivity index (χ2n) is 6.40. The van der Waals surface area contributed by atoms with Gasteiger partial charge in [0.2, 0.25) is 16.8 Å². The van der Waals surface area contributed by atoms with Crippen LogP contribution in [-0.4, -0.2) is 31.5 Å². The quantitative estimate of drug-likeness (QED) is 0.341. The number of hydrogen-bond donors (Lipinski definition) is 3. The third-order valence-corrected chi connectivity index (χ3v) is 4.87. The van der Waals surface area contributed by atoms with Crippen LogP contribution in [-0.2, 0) is 17.3 Å². The standard InChI is InChI=1S/C20H19F2N5O3S/c1-2-30-17-11-24-16-8-7-15(13(10-23)19(16)27-17)26-20-14(21)6-5-12(18(20)22)4-3-9-25-31(28)29/h5-8,11,26,31H,2-4,9H2,1H3,(H,25,28,29). The minimum atomic E-state index is -2.73. The summed E-state index contributed by atoms with van der Waals surface area (Å²) in [7, 11) is -2.73. The molecule has 162 valence electrons. The lowest BCUT2D eigenvalue weighted by Crippen LogP contribution is -2.13. The van der Waals surface area contributed by atoms with Crippen molar-refractivity contribution in [2.75, 3.05) is 18.5 Å². The van der Waals surface area contributed by atoms with Crippen LogP contribution in [0.5, 0.6) is 5.88 Å². The summed E-state index contributed by atoms with van der Waals surface area (Å²) in [5.74, 6) is -1.42. The number of anilines is 2. The van der Waals surface area contributed by atoms with Crippen LogP contribution < -0.4 is 14.8 Å². The Hall–Kier alpha value is -3.36. The number of hydrogen-bond acceptors (Lipinski definition) is 7. The van der Waals surface area contributed by atoms with Crippen molar-refractivity contribution in [3.8, 4) is 11.9 Å². The number of thiol groups is 1. The summed E-state index contributed by atoms with van der Waals surface area (Å²) >= 11 is 0. The van der Waals surface area contributed by atoms with E-state index in [9.17, 15) is 22.5 Å². The maximum absolute atomic E-state index is 14.9. The van der Waals surface area contributed by atoms with Gasteiger partial charge in [0.25, 0.3) is 0 Å². The number of nitriles is 1. The van der Waals surface area contributed by atoms with Gasteiger partial charge in [-0.25, -0.2) is 31.9 Å². The molecule has 0 amide bonds. The number of benzene rings is 2. The molecule has 11 heteroatoms. The number of ether oxygens (including phenoxy) is 1. The number of rotatable bonds is 9. The second-order valence-corrected chi connectivity index (χ2v) is 7.23. The number of nitrogens with zero attached hydrogens (tertiary/aromatic N) is 3. The number of nitrogens with one attached hydrogen (secondary N) is 2. The zero-order chi connectivity index (χ0) is 22.4. The van der Waals surface area contributed by atoms with E-state index in [-0.39, 0.29) is 41.2 Å². The molecule has 0 aliphatic carbocycles. The van der Waals surface area contributed by atoms with Crippen molar-refractivity contribution < 1.29 is 21.9 Å². The molecule has 0 bridgehead atoms. The van der Waals surface area contributed by atoms with Gasteiger partial charge in [0.1, 0.15) is 28.7 Å². The minimum absolute atomic E-state index is 0.0687. The number of halogens is 2. The summed E-state index contributed by atoms with van der Waals surface area (Å²) in [6, 6.07) is 7.50. The second kappa shape index (κ2) is 10.1. The van der Waals surface area contributed by atoms with E-state index >= 15 is 0 Å². The summed E-state index contributed by atoms with van der Waals surface area (Å²) in [6.45, 7) is 2.29. The van der Waals surface area contributed by atoms with Crippen molar-refractivity contribution in [3.63, 3.8) is 0 Å². The Morgan fingerprint density at radius 1 is 1.23 bits per heavy atom. The fourth-order valence-electron chi connectivity index (χ4n) is 2.98. The van der Waals surface area contributed by atoms with Crippen LogP contribution in [0, 0.1) is 23.0 Å². The van der Waals surface area contributed by atoms with Gasteiger partial charge in [0.15, 0.2) is 5.82 Å². The Labute approximate surface area is 179 Å².